The van der Waals surface area contributed by atoms with Gasteiger partial charge in [-0.15, -0.1) is 0 Å². The molecule has 0 unspecified atom stereocenters. The summed E-state index contributed by atoms with van der Waals surface area (Å²) in [6.45, 7) is 8.52. The number of esters is 2. The monoisotopic (exact) mass is 326 g/mol. The van der Waals surface area contributed by atoms with Crippen LogP contribution in [0.25, 0.3) is 0 Å². The summed E-state index contributed by atoms with van der Waals surface area (Å²) in [5.74, 6) is 0.735. The molecule has 0 heterocycles. The van der Waals surface area contributed by atoms with Crippen molar-refractivity contribution in [1.82, 2.24) is 0 Å². The largest absolute Gasteiger partial charge is 0.466 e. The number of hydrogen-bond donors (Lipinski definition) is 0. The molecule has 23 heavy (non-hydrogen) atoms. The summed E-state index contributed by atoms with van der Waals surface area (Å²) in [6, 6.07) is 0. The molecule has 4 nitrogen and oxygen atoms in total. The molecule has 2 aliphatic rings. The molecule has 4 heteroatoms. The molecule has 0 saturated heterocycles. The summed E-state index contributed by atoms with van der Waals surface area (Å²) in [4.78, 5) is 23.9. The molecule has 0 radical (unpaired) electrons. The maximum Gasteiger partial charge on any atom is 0.309 e. The third-order valence-corrected chi connectivity index (χ3v) is 4.93. The number of carbonyl (C=O) groups excluding carboxylic acids is 2. The maximum absolute atomic E-state index is 12.2. The van der Waals surface area contributed by atoms with Crippen molar-refractivity contribution in [3.63, 3.8) is 0 Å². The van der Waals surface area contributed by atoms with Crippen LogP contribution in [0.2, 0.25) is 0 Å². The van der Waals surface area contributed by atoms with Crippen molar-refractivity contribution in [2.75, 3.05) is 6.61 Å². The summed E-state index contributed by atoms with van der Waals surface area (Å²) in [5.41, 5.74) is 0. The summed E-state index contributed by atoms with van der Waals surface area (Å²) in [5, 5.41) is 0. The Labute approximate surface area is 141 Å². The Bertz CT molecular complexity index is 350. The second-order valence-electron chi connectivity index (χ2n) is 6.62. The van der Waals surface area contributed by atoms with Crippen LogP contribution in [0.4, 0.5) is 0 Å². The first-order valence-corrected chi connectivity index (χ1v) is 9.47. The van der Waals surface area contributed by atoms with Gasteiger partial charge in [0.05, 0.1) is 18.4 Å². The minimum Gasteiger partial charge on any atom is -0.466 e. The Morgan fingerprint density at radius 3 is 1.83 bits per heavy atom. The first-order chi connectivity index (χ1) is 11.1. The molecule has 0 N–H and O–H groups in total. The highest BCUT2D eigenvalue weighted by Crippen LogP contribution is 2.32. The fraction of sp³-hybridized carbons (Fsp3) is 0.895. The van der Waals surface area contributed by atoms with Gasteiger partial charge < -0.3 is 9.47 Å². The van der Waals surface area contributed by atoms with Crippen LogP contribution < -0.4 is 0 Å². The van der Waals surface area contributed by atoms with Gasteiger partial charge in [-0.2, -0.15) is 0 Å². The van der Waals surface area contributed by atoms with Crippen molar-refractivity contribution in [2.24, 2.45) is 17.8 Å². The van der Waals surface area contributed by atoms with E-state index in [2.05, 4.69) is 6.92 Å². The third-order valence-electron chi connectivity index (χ3n) is 4.93. The molecule has 0 spiro atoms. The first-order valence-electron chi connectivity index (χ1n) is 9.47. The molecule has 2 fully saturated rings. The van der Waals surface area contributed by atoms with Gasteiger partial charge in [-0.25, -0.2) is 0 Å². The first kappa shape index (κ1) is 20.0. The average molecular weight is 326 g/mol. The minimum atomic E-state index is -0.0939. The number of rotatable bonds is 4. The summed E-state index contributed by atoms with van der Waals surface area (Å²) in [6.07, 6.45) is 7.34. The van der Waals surface area contributed by atoms with E-state index in [4.69, 9.17) is 9.47 Å². The van der Waals surface area contributed by atoms with E-state index in [1.807, 2.05) is 20.8 Å². The molecule has 0 aromatic rings. The lowest BCUT2D eigenvalue weighted by Gasteiger charge is -2.30. The van der Waals surface area contributed by atoms with Crippen LogP contribution in [-0.2, 0) is 19.1 Å². The predicted molar refractivity (Wildman–Crippen MR) is 90.9 cm³/mol. The Morgan fingerprint density at radius 1 is 0.826 bits per heavy atom. The normalized spacial score (nSPS) is 30.6. The highest BCUT2D eigenvalue weighted by molar-refractivity contribution is 5.73. The van der Waals surface area contributed by atoms with Crippen LogP contribution >= 0.6 is 0 Å². The Balaban J connectivity index is 0.00000127. The van der Waals surface area contributed by atoms with E-state index in [0.717, 1.165) is 57.3 Å². The van der Waals surface area contributed by atoms with E-state index in [0.29, 0.717) is 6.61 Å². The van der Waals surface area contributed by atoms with Gasteiger partial charge >= 0.3 is 11.9 Å². The second kappa shape index (κ2) is 10.7. The lowest BCUT2D eigenvalue weighted by atomic mass is 9.83. The quantitative estimate of drug-likeness (QED) is 0.714. The van der Waals surface area contributed by atoms with Gasteiger partial charge in [-0.05, 0) is 64.2 Å². The Morgan fingerprint density at radius 2 is 1.30 bits per heavy atom. The smallest absolute Gasteiger partial charge is 0.309 e. The third kappa shape index (κ3) is 6.52. The highest BCUT2D eigenvalue weighted by atomic mass is 16.5. The number of ether oxygens (including phenoxy) is 2. The molecule has 2 saturated carbocycles. The average Bonchev–Trinajstić information content (AvgIpc) is 2.58. The van der Waals surface area contributed by atoms with Crippen LogP contribution in [0.3, 0.4) is 0 Å². The zero-order valence-corrected chi connectivity index (χ0v) is 15.3. The topological polar surface area (TPSA) is 52.6 Å². The van der Waals surface area contributed by atoms with Gasteiger partial charge in [0, 0.05) is 0 Å². The molecule has 2 aliphatic carbocycles. The SMILES string of the molecule is CC.CCOC(=O)C1CCC(OC(=O)C2CCC(C)CC2)CC1. The summed E-state index contributed by atoms with van der Waals surface area (Å²) < 4.78 is 10.7. The highest BCUT2D eigenvalue weighted by Gasteiger charge is 2.31. The molecule has 0 aromatic heterocycles. The summed E-state index contributed by atoms with van der Waals surface area (Å²) in [7, 11) is 0. The molecule has 0 atom stereocenters. The minimum absolute atomic E-state index is 0.00234. The second-order valence-corrected chi connectivity index (χ2v) is 6.62. The van der Waals surface area contributed by atoms with Gasteiger partial charge in [0.25, 0.3) is 0 Å². The van der Waals surface area contributed by atoms with Crippen LogP contribution in [0, 0.1) is 17.8 Å². The van der Waals surface area contributed by atoms with E-state index >= 15 is 0 Å². The van der Waals surface area contributed by atoms with Crippen molar-refractivity contribution >= 4 is 11.9 Å². The molecule has 0 aromatic carbocycles. The lowest BCUT2D eigenvalue weighted by molar-refractivity contribution is -0.159. The van der Waals surface area contributed by atoms with Crippen LogP contribution in [0.1, 0.15) is 79.1 Å². The van der Waals surface area contributed by atoms with Gasteiger partial charge in [0.2, 0.25) is 0 Å². The van der Waals surface area contributed by atoms with Crippen molar-refractivity contribution in [3.8, 4) is 0 Å². The van der Waals surface area contributed by atoms with Gasteiger partial charge in [-0.1, -0.05) is 20.8 Å². The fourth-order valence-electron chi connectivity index (χ4n) is 3.43. The molecule has 0 amide bonds. The van der Waals surface area contributed by atoms with Crippen molar-refractivity contribution in [3.05, 3.63) is 0 Å². The van der Waals surface area contributed by atoms with Gasteiger partial charge in [0.1, 0.15) is 6.10 Å². The van der Waals surface area contributed by atoms with E-state index in [1.54, 1.807) is 0 Å². The maximum atomic E-state index is 12.2. The van der Waals surface area contributed by atoms with E-state index in [9.17, 15) is 9.59 Å². The van der Waals surface area contributed by atoms with Gasteiger partial charge in [0.15, 0.2) is 0 Å². The number of hydrogen-bond acceptors (Lipinski definition) is 4. The van der Waals surface area contributed by atoms with E-state index in [1.165, 1.54) is 0 Å². The van der Waals surface area contributed by atoms with E-state index < -0.39 is 0 Å². The summed E-state index contributed by atoms with van der Waals surface area (Å²) >= 11 is 0. The van der Waals surface area contributed by atoms with Crippen LogP contribution in [-0.4, -0.2) is 24.6 Å². The van der Waals surface area contributed by atoms with Gasteiger partial charge in [-0.3, -0.25) is 9.59 Å². The van der Waals surface area contributed by atoms with E-state index in [-0.39, 0.29) is 29.9 Å². The Kier molecular flexibility index (Phi) is 9.27. The van der Waals surface area contributed by atoms with Crippen molar-refractivity contribution in [2.45, 2.75) is 85.2 Å². The van der Waals surface area contributed by atoms with Crippen LogP contribution in [0.5, 0.6) is 0 Å². The molecule has 0 aliphatic heterocycles. The fourth-order valence-corrected chi connectivity index (χ4v) is 3.43. The molecular weight excluding hydrogens is 292 g/mol. The standard InChI is InChI=1S/C17H28O4.C2H6/c1-3-20-16(18)13-8-10-15(11-9-13)21-17(19)14-6-4-12(2)5-7-14;1-2/h12-15H,3-11H2,1-2H3;1-2H3. The number of carbonyl (C=O) groups is 2. The lowest BCUT2D eigenvalue weighted by Crippen LogP contribution is -2.31. The zero-order chi connectivity index (χ0) is 17.2. The zero-order valence-electron chi connectivity index (χ0n) is 15.3. The van der Waals surface area contributed by atoms with Crippen molar-refractivity contribution in [1.29, 1.82) is 0 Å². The molecule has 0 bridgehead atoms. The molecular formula is C19H34O4. The predicted octanol–water partition coefficient (Wildman–Crippen LogP) is 4.50. The molecule has 2 rings (SSSR count). The van der Waals surface area contributed by atoms with Crippen molar-refractivity contribution < 1.29 is 19.1 Å². The Hall–Kier alpha value is -1.06. The van der Waals surface area contributed by atoms with Crippen LogP contribution in [0.15, 0.2) is 0 Å². The molecule has 134 valence electrons.